The van der Waals surface area contributed by atoms with E-state index in [0.29, 0.717) is 33.8 Å². The number of ether oxygens (including phenoxy) is 1. The van der Waals surface area contributed by atoms with Gasteiger partial charge in [-0.15, -0.1) is 0 Å². The van der Waals surface area contributed by atoms with E-state index >= 15 is 0 Å². The Labute approximate surface area is 224 Å². The second-order valence-corrected chi connectivity index (χ2v) is 11.4. The first-order valence-electron chi connectivity index (χ1n) is 12.7. The molecule has 4 aliphatic carbocycles. The quantitative estimate of drug-likeness (QED) is 0.319. The van der Waals surface area contributed by atoms with Crippen LogP contribution in [0.3, 0.4) is 0 Å². The summed E-state index contributed by atoms with van der Waals surface area (Å²) in [5.74, 6) is 0.297. The summed E-state index contributed by atoms with van der Waals surface area (Å²) in [5, 5.41) is 14.5. The third-order valence-corrected chi connectivity index (χ3v) is 8.82. The minimum atomic E-state index is -0.965. The summed E-state index contributed by atoms with van der Waals surface area (Å²) in [5.41, 5.74) is 3.20. The zero-order chi connectivity index (χ0) is 25.6. The molecule has 7 rings (SSSR count). The first kappa shape index (κ1) is 24.6. The van der Waals surface area contributed by atoms with Crippen LogP contribution in [0.25, 0.3) is 17.3 Å². The SMILES string of the molecule is O=C(O)c1cncc(/C=C/C23CCC(OCc4c(-c5c(Cl)cncc5Cl)noc4C4CC4)(CC2)CC3)c1. The van der Waals surface area contributed by atoms with E-state index in [4.69, 9.17) is 32.5 Å². The Bertz CT molecular complexity index is 1340. The molecular weight excluding hydrogens is 513 g/mol. The first-order valence-corrected chi connectivity index (χ1v) is 13.4. The van der Waals surface area contributed by atoms with E-state index in [9.17, 15) is 9.90 Å². The number of aromatic carboxylic acids is 1. The monoisotopic (exact) mass is 539 g/mol. The third-order valence-electron chi connectivity index (χ3n) is 8.25. The second-order valence-electron chi connectivity index (χ2n) is 10.6. The lowest BCUT2D eigenvalue weighted by Crippen LogP contribution is -2.46. The van der Waals surface area contributed by atoms with E-state index in [1.54, 1.807) is 24.7 Å². The number of hydrogen-bond acceptors (Lipinski definition) is 6. The van der Waals surface area contributed by atoms with Crippen molar-refractivity contribution in [3.8, 4) is 11.3 Å². The lowest BCUT2D eigenvalue weighted by atomic mass is 9.58. The van der Waals surface area contributed by atoms with Crippen molar-refractivity contribution in [1.29, 1.82) is 0 Å². The van der Waals surface area contributed by atoms with Crippen molar-refractivity contribution < 1.29 is 19.2 Å². The number of nitrogens with zero attached hydrogens (tertiary/aromatic N) is 3. The van der Waals surface area contributed by atoms with E-state index in [0.717, 1.165) is 68.3 Å². The zero-order valence-electron chi connectivity index (χ0n) is 20.3. The van der Waals surface area contributed by atoms with Crippen LogP contribution in [0, 0.1) is 5.41 Å². The number of rotatable bonds is 8. The van der Waals surface area contributed by atoms with Crippen molar-refractivity contribution in [2.45, 2.75) is 69.5 Å². The normalized spacial score (nSPS) is 25.1. The van der Waals surface area contributed by atoms with Crippen LogP contribution in [0.15, 0.2) is 41.5 Å². The Morgan fingerprint density at radius 2 is 1.73 bits per heavy atom. The highest BCUT2D eigenvalue weighted by atomic mass is 35.5. The summed E-state index contributed by atoms with van der Waals surface area (Å²) >= 11 is 12.9. The van der Waals surface area contributed by atoms with Crippen LogP contribution in [0.1, 0.15) is 84.5 Å². The molecular formula is C28H27Cl2N3O4. The van der Waals surface area contributed by atoms with Crippen molar-refractivity contribution in [2.75, 3.05) is 0 Å². The van der Waals surface area contributed by atoms with E-state index in [2.05, 4.69) is 21.2 Å². The zero-order valence-corrected chi connectivity index (χ0v) is 21.8. The molecule has 0 atom stereocenters. The molecule has 192 valence electrons. The van der Waals surface area contributed by atoms with Gasteiger partial charge in [-0.2, -0.15) is 0 Å². The second kappa shape index (κ2) is 9.53. The molecule has 0 aromatic carbocycles. The molecule has 37 heavy (non-hydrogen) atoms. The lowest BCUT2D eigenvalue weighted by Gasteiger charge is -2.52. The van der Waals surface area contributed by atoms with Crippen LogP contribution in [0.2, 0.25) is 10.0 Å². The minimum Gasteiger partial charge on any atom is -0.478 e. The molecule has 0 aliphatic heterocycles. The van der Waals surface area contributed by atoms with Gasteiger partial charge in [0.1, 0.15) is 11.5 Å². The summed E-state index contributed by atoms with van der Waals surface area (Å²) in [4.78, 5) is 19.4. The van der Waals surface area contributed by atoms with Crippen LogP contribution in [0.4, 0.5) is 0 Å². The summed E-state index contributed by atoms with van der Waals surface area (Å²) in [6.07, 6.45) is 18.7. The number of aromatic nitrogens is 3. The van der Waals surface area contributed by atoms with Crippen molar-refractivity contribution in [2.24, 2.45) is 5.41 Å². The van der Waals surface area contributed by atoms with Gasteiger partial charge in [0.2, 0.25) is 0 Å². The number of fused-ring (bicyclic) bond motifs is 3. The molecule has 4 aliphatic rings. The van der Waals surface area contributed by atoms with E-state index in [1.165, 1.54) is 6.20 Å². The maximum Gasteiger partial charge on any atom is 0.337 e. The van der Waals surface area contributed by atoms with Crippen LogP contribution in [0.5, 0.6) is 0 Å². The molecule has 0 radical (unpaired) electrons. The highest BCUT2D eigenvalue weighted by molar-refractivity contribution is 6.38. The van der Waals surface area contributed by atoms with Crippen LogP contribution in [-0.2, 0) is 11.3 Å². The van der Waals surface area contributed by atoms with Crippen LogP contribution in [-0.4, -0.2) is 31.8 Å². The molecule has 2 bridgehead atoms. The van der Waals surface area contributed by atoms with Crippen molar-refractivity contribution >= 4 is 35.2 Å². The number of hydrogen-bond donors (Lipinski definition) is 1. The Morgan fingerprint density at radius 3 is 2.38 bits per heavy atom. The molecule has 9 heteroatoms. The Morgan fingerprint density at radius 1 is 1.05 bits per heavy atom. The molecule has 3 heterocycles. The molecule has 4 saturated carbocycles. The molecule has 0 amide bonds. The highest BCUT2D eigenvalue weighted by Crippen LogP contribution is 2.55. The Balaban J connectivity index is 1.17. The molecule has 3 aromatic heterocycles. The number of carboxylic acids is 1. The van der Waals surface area contributed by atoms with Crippen molar-refractivity contribution in [3.05, 3.63) is 69.4 Å². The summed E-state index contributed by atoms with van der Waals surface area (Å²) in [6.45, 7) is 0.413. The van der Waals surface area contributed by atoms with Gasteiger partial charge in [0.15, 0.2) is 0 Å². The summed E-state index contributed by atoms with van der Waals surface area (Å²) in [6, 6.07) is 1.66. The van der Waals surface area contributed by atoms with Gasteiger partial charge >= 0.3 is 5.97 Å². The van der Waals surface area contributed by atoms with Gasteiger partial charge in [-0.05, 0) is 68.4 Å². The lowest BCUT2D eigenvalue weighted by molar-refractivity contribution is -0.133. The number of pyridine rings is 2. The largest absolute Gasteiger partial charge is 0.478 e. The van der Waals surface area contributed by atoms with Gasteiger partial charge in [0, 0.05) is 41.8 Å². The molecule has 4 fully saturated rings. The fourth-order valence-corrected chi connectivity index (χ4v) is 6.32. The fraction of sp³-hybridized carbons (Fsp3) is 0.429. The molecule has 0 unspecified atom stereocenters. The average Bonchev–Trinajstić information content (AvgIpc) is 3.68. The Kier molecular flexibility index (Phi) is 6.33. The summed E-state index contributed by atoms with van der Waals surface area (Å²) in [7, 11) is 0. The van der Waals surface area contributed by atoms with Gasteiger partial charge in [-0.1, -0.05) is 40.5 Å². The maximum absolute atomic E-state index is 11.3. The standard InChI is InChI=1S/C28H27Cl2N3O4/c29-21-14-32-15-22(30)23(21)24-20(25(37-33-24)18-1-2-18)16-36-28-8-5-27(6-9-28,7-10-28)4-3-17-11-19(26(34)35)13-31-12-17/h3-4,11-15,18H,1-2,5-10,16H2,(H,34,35)/b4-3+. The third kappa shape index (κ3) is 4.80. The fourth-order valence-electron chi connectivity index (χ4n) is 5.77. The first-order chi connectivity index (χ1) is 17.9. The predicted octanol–water partition coefficient (Wildman–Crippen LogP) is 7.34. The summed E-state index contributed by atoms with van der Waals surface area (Å²) < 4.78 is 12.5. The number of halogens is 2. The maximum atomic E-state index is 11.3. The Hall–Kier alpha value is -2.74. The minimum absolute atomic E-state index is 0.115. The number of carboxylic acid groups (broad SMARTS) is 1. The number of allylic oxidation sites excluding steroid dienone is 1. The highest BCUT2D eigenvalue weighted by Gasteiger charge is 2.48. The van der Waals surface area contributed by atoms with Crippen molar-refractivity contribution in [1.82, 2.24) is 15.1 Å². The van der Waals surface area contributed by atoms with E-state index in [-0.39, 0.29) is 16.6 Å². The van der Waals surface area contributed by atoms with Crippen LogP contribution < -0.4 is 0 Å². The van der Waals surface area contributed by atoms with Gasteiger partial charge in [0.05, 0.1) is 27.8 Å². The molecule has 1 N–H and O–H groups in total. The van der Waals surface area contributed by atoms with Crippen LogP contribution >= 0.6 is 23.2 Å². The van der Waals surface area contributed by atoms with E-state index < -0.39 is 5.97 Å². The average molecular weight is 540 g/mol. The predicted molar refractivity (Wildman–Crippen MR) is 140 cm³/mol. The van der Waals surface area contributed by atoms with Gasteiger partial charge in [-0.3, -0.25) is 9.97 Å². The van der Waals surface area contributed by atoms with E-state index in [1.807, 2.05) is 6.08 Å². The molecule has 7 nitrogen and oxygen atoms in total. The molecule has 3 aromatic rings. The smallest absolute Gasteiger partial charge is 0.337 e. The van der Waals surface area contributed by atoms with Gasteiger partial charge in [-0.25, -0.2) is 4.79 Å². The molecule has 0 saturated heterocycles. The number of carbonyl (C=O) groups is 1. The van der Waals surface area contributed by atoms with Gasteiger partial charge < -0.3 is 14.4 Å². The molecule has 0 spiro atoms. The topological polar surface area (TPSA) is 98.3 Å². The van der Waals surface area contributed by atoms with Gasteiger partial charge in [0.25, 0.3) is 0 Å². The van der Waals surface area contributed by atoms with Crippen molar-refractivity contribution in [3.63, 3.8) is 0 Å².